The monoisotopic (exact) mass is 726 g/mol. The molecule has 2 atom stereocenters. The van der Waals surface area contributed by atoms with E-state index < -0.39 is 24.3 Å². The summed E-state index contributed by atoms with van der Waals surface area (Å²) in [4.78, 5) is 24.7. The second kappa shape index (κ2) is 18.2. The van der Waals surface area contributed by atoms with E-state index in [2.05, 4.69) is 27.7 Å². The number of carbonyl (C=O) groups is 2. The van der Waals surface area contributed by atoms with Crippen LogP contribution in [0.4, 0.5) is 4.79 Å². The lowest BCUT2D eigenvalue weighted by Crippen LogP contribution is -2.45. The normalized spacial score (nSPS) is 14.8. The molecule has 0 bridgehead atoms. The SMILES string of the molecule is C=CCc1cc(/C=N\N[C@H](O)COc2ccc([C@@H]3NC(=O)NC(C)=C3C(=O)OC)cc2OCC)cc(OCC)c1OCc1ccc(Cl)c(Cl)c1. The van der Waals surface area contributed by atoms with Gasteiger partial charge in [-0.1, -0.05) is 41.4 Å². The predicted octanol–water partition coefficient (Wildman–Crippen LogP) is 6.22. The Hall–Kier alpha value is -4.91. The highest BCUT2D eigenvalue weighted by Gasteiger charge is 2.32. The van der Waals surface area contributed by atoms with Crippen molar-refractivity contribution < 1.29 is 38.4 Å². The highest BCUT2D eigenvalue weighted by Crippen LogP contribution is 2.36. The molecule has 4 rings (SSSR count). The molecule has 4 N–H and O–H groups in total. The van der Waals surface area contributed by atoms with Crippen LogP contribution in [0.1, 0.15) is 49.1 Å². The van der Waals surface area contributed by atoms with Gasteiger partial charge in [-0.2, -0.15) is 5.10 Å². The zero-order chi connectivity index (χ0) is 36.2. The summed E-state index contributed by atoms with van der Waals surface area (Å²) < 4.78 is 28.6. The molecule has 3 aromatic carbocycles. The molecule has 12 nitrogen and oxygen atoms in total. The first kappa shape index (κ1) is 37.9. The minimum absolute atomic E-state index is 0.180. The Bertz CT molecular complexity index is 1760. The van der Waals surface area contributed by atoms with E-state index >= 15 is 0 Å². The summed E-state index contributed by atoms with van der Waals surface area (Å²) in [6.45, 7) is 9.97. The van der Waals surface area contributed by atoms with Gasteiger partial charge in [-0.05, 0) is 80.3 Å². The molecule has 0 aliphatic carbocycles. The molecular formula is C36H40Cl2N4O8. The van der Waals surface area contributed by atoms with Crippen molar-refractivity contribution in [3.8, 4) is 23.0 Å². The van der Waals surface area contributed by atoms with Crippen LogP contribution in [-0.2, 0) is 22.6 Å². The van der Waals surface area contributed by atoms with Crippen molar-refractivity contribution in [1.82, 2.24) is 16.1 Å². The fourth-order valence-electron chi connectivity index (χ4n) is 5.10. The number of allylic oxidation sites excluding steroid dienone is 2. The molecule has 0 fully saturated rings. The van der Waals surface area contributed by atoms with E-state index in [0.717, 1.165) is 11.1 Å². The Balaban J connectivity index is 1.44. The second-order valence-corrected chi connectivity index (χ2v) is 11.7. The first-order valence-corrected chi connectivity index (χ1v) is 16.5. The Kier molecular flexibility index (Phi) is 13.8. The van der Waals surface area contributed by atoms with Gasteiger partial charge in [0.25, 0.3) is 0 Å². The second-order valence-electron chi connectivity index (χ2n) is 10.9. The molecule has 1 aliphatic rings. The zero-order valence-electron chi connectivity index (χ0n) is 28.2. The highest BCUT2D eigenvalue weighted by molar-refractivity contribution is 6.42. The van der Waals surface area contributed by atoms with Crippen LogP contribution in [0.5, 0.6) is 23.0 Å². The Morgan fingerprint density at radius 1 is 1.02 bits per heavy atom. The number of benzene rings is 3. The lowest BCUT2D eigenvalue weighted by Gasteiger charge is -2.28. The number of urea groups is 1. The summed E-state index contributed by atoms with van der Waals surface area (Å²) in [5, 5.41) is 21.0. The Labute approximate surface area is 301 Å². The van der Waals surface area contributed by atoms with E-state index in [-0.39, 0.29) is 18.8 Å². The first-order chi connectivity index (χ1) is 24.1. The number of hydrazone groups is 1. The molecular weight excluding hydrogens is 687 g/mol. The smallest absolute Gasteiger partial charge is 0.337 e. The topological polar surface area (TPSA) is 149 Å². The van der Waals surface area contributed by atoms with Gasteiger partial charge in [0.2, 0.25) is 0 Å². The van der Waals surface area contributed by atoms with Gasteiger partial charge in [0.15, 0.2) is 29.2 Å². The average Bonchev–Trinajstić information content (AvgIpc) is 3.08. The van der Waals surface area contributed by atoms with Gasteiger partial charge in [0, 0.05) is 11.3 Å². The largest absolute Gasteiger partial charge is 0.490 e. The standard InChI is InChI=1S/C36H40Cl2N4O8/c1-6-9-25-14-23(16-30(48-8-3)34(25)50-19-22-10-12-26(37)27(38)15-22)18-39-42-31(43)20-49-28-13-11-24(17-29(28)47-7-2)33-32(35(44)46-5)21(4)40-36(45)41-33/h6,10-18,31,33,42-43H,1,7-9,19-20H2,2-5H3,(H2,40,41,45)/b39-18-/t31-,33+/m1/s1. The summed E-state index contributed by atoms with van der Waals surface area (Å²) in [6, 6.07) is 12.8. The number of hydrogen-bond donors (Lipinski definition) is 4. The minimum atomic E-state index is -1.19. The molecule has 1 aliphatic heterocycles. The predicted molar refractivity (Wildman–Crippen MR) is 191 cm³/mol. The minimum Gasteiger partial charge on any atom is -0.490 e. The van der Waals surface area contributed by atoms with Crippen LogP contribution >= 0.6 is 23.2 Å². The quantitative estimate of drug-likeness (QED) is 0.0418. The van der Waals surface area contributed by atoms with Gasteiger partial charge in [-0.3, -0.25) is 5.43 Å². The summed E-state index contributed by atoms with van der Waals surface area (Å²) in [5.74, 6) is 1.21. The number of ether oxygens (including phenoxy) is 5. The number of amides is 2. The number of nitrogens with one attached hydrogen (secondary N) is 3. The van der Waals surface area contributed by atoms with Crippen molar-refractivity contribution in [3.63, 3.8) is 0 Å². The number of methoxy groups -OCH3 is 1. The number of aliphatic hydroxyl groups excluding tert-OH is 1. The van der Waals surface area contributed by atoms with Gasteiger partial charge in [0.1, 0.15) is 13.2 Å². The number of hydrogen-bond acceptors (Lipinski definition) is 10. The van der Waals surface area contributed by atoms with Crippen LogP contribution in [0.15, 0.2) is 77.6 Å². The molecule has 14 heteroatoms. The van der Waals surface area contributed by atoms with E-state index in [1.807, 2.05) is 26.0 Å². The molecule has 0 radical (unpaired) electrons. The van der Waals surface area contributed by atoms with Crippen LogP contribution in [0.3, 0.4) is 0 Å². The molecule has 50 heavy (non-hydrogen) atoms. The fourth-order valence-corrected chi connectivity index (χ4v) is 5.42. The van der Waals surface area contributed by atoms with Crippen LogP contribution in [0.25, 0.3) is 0 Å². The molecule has 0 spiro atoms. The Morgan fingerprint density at radius 3 is 2.48 bits per heavy atom. The van der Waals surface area contributed by atoms with Crippen molar-refractivity contribution in [1.29, 1.82) is 0 Å². The number of carbonyl (C=O) groups excluding carboxylic acids is 2. The molecule has 1 heterocycles. The summed E-state index contributed by atoms with van der Waals surface area (Å²) in [5.41, 5.74) is 6.25. The first-order valence-electron chi connectivity index (χ1n) is 15.8. The van der Waals surface area contributed by atoms with Gasteiger partial charge in [-0.25, -0.2) is 9.59 Å². The number of aliphatic hydroxyl groups is 1. The summed E-state index contributed by atoms with van der Waals surface area (Å²) in [6.07, 6.45) is 2.63. The lowest BCUT2D eigenvalue weighted by atomic mass is 9.95. The van der Waals surface area contributed by atoms with Crippen LogP contribution in [0.2, 0.25) is 10.0 Å². The zero-order valence-corrected chi connectivity index (χ0v) is 29.7. The van der Waals surface area contributed by atoms with E-state index in [1.165, 1.54) is 7.11 Å². The maximum absolute atomic E-state index is 12.5. The highest BCUT2D eigenvalue weighted by atomic mass is 35.5. The van der Waals surface area contributed by atoms with E-state index in [4.69, 9.17) is 46.9 Å². The van der Waals surface area contributed by atoms with Gasteiger partial charge < -0.3 is 39.4 Å². The maximum atomic E-state index is 12.5. The summed E-state index contributed by atoms with van der Waals surface area (Å²) in [7, 11) is 1.27. The number of nitrogens with zero attached hydrogens (tertiary/aromatic N) is 1. The Morgan fingerprint density at radius 2 is 1.78 bits per heavy atom. The van der Waals surface area contributed by atoms with Crippen molar-refractivity contribution >= 4 is 41.4 Å². The third-order valence-corrected chi connectivity index (χ3v) is 8.03. The number of rotatable bonds is 17. The van der Waals surface area contributed by atoms with Gasteiger partial charge in [0.05, 0.1) is 48.2 Å². The molecule has 3 aromatic rings. The third kappa shape index (κ3) is 9.84. The molecule has 0 saturated heterocycles. The van der Waals surface area contributed by atoms with Gasteiger partial charge in [-0.15, -0.1) is 6.58 Å². The van der Waals surface area contributed by atoms with Crippen molar-refractivity contribution in [3.05, 3.63) is 105 Å². The molecule has 0 saturated carbocycles. The lowest BCUT2D eigenvalue weighted by molar-refractivity contribution is -0.136. The van der Waals surface area contributed by atoms with E-state index in [1.54, 1.807) is 55.6 Å². The van der Waals surface area contributed by atoms with Crippen molar-refractivity contribution in [2.75, 3.05) is 26.9 Å². The number of esters is 1. The van der Waals surface area contributed by atoms with E-state index in [0.29, 0.717) is 69.5 Å². The third-order valence-electron chi connectivity index (χ3n) is 7.29. The maximum Gasteiger partial charge on any atom is 0.337 e. The summed E-state index contributed by atoms with van der Waals surface area (Å²) >= 11 is 12.2. The molecule has 266 valence electrons. The van der Waals surface area contributed by atoms with Gasteiger partial charge >= 0.3 is 12.0 Å². The van der Waals surface area contributed by atoms with Crippen LogP contribution < -0.4 is 35.0 Å². The molecule has 0 unspecified atom stereocenters. The number of halogens is 2. The van der Waals surface area contributed by atoms with E-state index in [9.17, 15) is 14.7 Å². The van der Waals surface area contributed by atoms with Crippen LogP contribution in [-0.4, -0.2) is 56.5 Å². The van der Waals surface area contributed by atoms with Crippen molar-refractivity contribution in [2.24, 2.45) is 5.10 Å². The molecule has 2 amide bonds. The molecule has 0 aromatic heterocycles. The van der Waals surface area contributed by atoms with Crippen LogP contribution in [0, 0.1) is 0 Å². The average molecular weight is 728 g/mol. The fraction of sp³-hybridized carbons (Fsp3) is 0.306. The van der Waals surface area contributed by atoms with Crippen molar-refractivity contribution in [2.45, 2.75) is 46.1 Å².